The van der Waals surface area contributed by atoms with Gasteiger partial charge < -0.3 is 10.0 Å². The Labute approximate surface area is 118 Å². The highest BCUT2D eigenvalue weighted by Crippen LogP contribution is 2.24. The normalized spacial score (nSPS) is 18.6. The average Bonchev–Trinajstić information content (AvgIpc) is 2.85. The van der Waals surface area contributed by atoms with Gasteiger partial charge in [0.05, 0.1) is 5.56 Å². The molecule has 1 saturated heterocycles. The highest BCUT2D eigenvalue weighted by molar-refractivity contribution is 5.95. The van der Waals surface area contributed by atoms with E-state index in [2.05, 4.69) is 18.8 Å². The van der Waals surface area contributed by atoms with E-state index >= 15 is 0 Å². The Morgan fingerprint density at radius 1 is 1.45 bits per heavy atom. The molecule has 108 valence electrons. The van der Waals surface area contributed by atoms with Crippen LogP contribution in [0.2, 0.25) is 0 Å². The Hall–Kier alpha value is -1.91. The topological polar surface area (TPSA) is 70.5 Å². The van der Waals surface area contributed by atoms with Crippen molar-refractivity contribution in [3.63, 3.8) is 0 Å². The monoisotopic (exact) mass is 276 g/mol. The maximum atomic E-state index is 12.3. The second-order valence-electron chi connectivity index (χ2n) is 5.77. The molecule has 1 aliphatic rings. The standard InChI is InChI=1S/C15H20N2O3/c1-10(2)7-11-5-6-17(9-11)14(18)12-3-4-13(15(19)20)16-8-12/h3-4,8,10-11H,5-7,9H2,1-2H3,(H,19,20). The number of aromatic nitrogens is 1. The first kappa shape index (κ1) is 14.5. The van der Waals surface area contributed by atoms with Gasteiger partial charge in [0, 0.05) is 19.3 Å². The number of rotatable bonds is 4. The predicted octanol–water partition coefficient (Wildman–Crippen LogP) is 2.29. The van der Waals surface area contributed by atoms with Crippen LogP contribution in [-0.2, 0) is 0 Å². The summed E-state index contributed by atoms with van der Waals surface area (Å²) in [6, 6.07) is 2.91. The van der Waals surface area contributed by atoms with Crippen LogP contribution >= 0.6 is 0 Å². The third kappa shape index (κ3) is 3.35. The fourth-order valence-electron chi connectivity index (χ4n) is 2.71. The third-order valence-electron chi connectivity index (χ3n) is 3.61. The SMILES string of the molecule is CC(C)CC1CCN(C(=O)c2ccc(C(=O)O)nc2)C1. The minimum Gasteiger partial charge on any atom is -0.477 e. The Bertz CT molecular complexity index is 496. The van der Waals surface area contributed by atoms with Crippen molar-refractivity contribution in [1.29, 1.82) is 0 Å². The zero-order chi connectivity index (χ0) is 14.7. The summed E-state index contributed by atoms with van der Waals surface area (Å²) < 4.78 is 0. The predicted molar refractivity (Wildman–Crippen MR) is 74.7 cm³/mol. The fraction of sp³-hybridized carbons (Fsp3) is 0.533. The summed E-state index contributed by atoms with van der Waals surface area (Å²) in [5.74, 6) is 0.0830. The Morgan fingerprint density at radius 2 is 2.20 bits per heavy atom. The first-order valence-electron chi connectivity index (χ1n) is 6.96. The number of aromatic carboxylic acids is 1. The van der Waals surface area contributed by atoms with Crippen LogP contribution in [0.25, 0.3) is 0 Å². The molecule has 0 bridgehead atoms. The van der Waals surface area contributed by atoms with Crippen molar-refractivity contribution in [2.45, 2.75) is 26.7 Å². The van der Waals surface area contributed by atoms with E-state index in [0.29, 0.717) is 17.4 Å². The molecule has 1 amide bonds. The number of nitrogens with zero attached hydrogens (tertiary/aromatic N) is 2. The number of hydrogen-bond donors (Lipinski definition) is 1. The van der Waals surface area contributed by atoms with E-state index in [9.17, 15) is 9.59 Å². The van der Waals surface area contributed by atoms with E-state index in [-0.39, 0.29) is 11.6 Å². The lowest BCUT2D eigenvalue weighted by Gasteiger charge is -2.17. The van der Waals surface area contributed by atoms with Gasteiger partial charge in [-0.1, -0.05) is 13.8 Å². The molecule has 0 aliphatic carbocycles. The number of carboxylic acid groups (broad SMARTS) is 1. The van der Waals surface area contributed by atoms with Crippen molar-refractivity contribution in [3.8, 4) is 0 Å². The molecule has 5 heteroatoms. The quantitative estimate of drug-likeness (QED) is 0.916. The molecule has 1 atom stereocenters. The highest BCUT2D eigenvalue weighted by Gasteiger charge is 2.27. The van der Waals surface area contributed by atoms with Crippen molar-refractivity contribution < 1.29 is 14.7 Å². The van der Waals surface area contributed by atoms with Crippen molar-refractivity contribution in [2.24, 2.45) is 11.8 Å². The van der Waals surface area contributed by atoms with Crippen LogP contribution in [-0.4, -0.2) is 40.0 Å². The van der Waals surface area contributed by atoms with Gasteiger partial charge in [-0.3, -0.25) is 4.79 Å². The number of carboxylic acids is 1. The summed E-state index contributed by atoms with van der Waals surface area (Å²) in [5, 5.41) is 8.79. The molecule has 1 fully saturated rings. The summed E-state index contributed by atoms with van der Waals surface area (Å²) in [4.78, 5) is 28.7. The molecule has 2 heterocycles. The Balaban J connectivity index is 2.00. The Morgan fingerprint density at radius 3 is 2.75 bits per heavy atom. The summed E-state index contributed by atoms with van der Waals surface area (Å²) in [5.41, 5.74) is 0.417. The molecule has 5 nitrogen and oxygen atoms in total. The zero-order valence-electron chi connectivity index (χ0n) is 11.9. The van der Waals surface area contributed by atoms with Gasteiger partial charge in [0.2, 0.25) is 0 Å². The van der Waals surface area contributed by atoms with E-state index in [1.165, 1.54) is 18.3 Å². The Kier molecular flexibility index (Phi) is 4.37. The van der Waals surface area contributed by atoms with Crippen molar-refractivity contribution in [2.75, 3.05) is 13.1 Å². The molecule has 2 rings (SSSR count). The number of likely N-dealkylation sites (tertiary alicyclic amines) is 1. The number of pyridine rings is 1. The van der Waals surface area contributed by atoms with E-state index in [1.807, 2.05) is 4.90 Å². The molecule has 1 aromatic heterocycles. The number of amides is 1. The molecule has 1 N–H and O–H groups in total. The van der Waals surface area contributed by atoms with Gasteiger partial charge in [0.15, 0.2) is 0 Å². The molecule has 0 saturated carbocycles. The minimum absolute atomic E-state index is 0.0411. The van der Waals surface area contributed by atoms with Crippen LogP contribution in [0.5, 0.6) is 0 Å². The van der Waals surface area contributed by atoms with Crippen LogP contribution in [0.15, 0.2) is 18.3 Å². The van der Waals surface area contributed by atoms with Crippen molar-refractivity contribution in [3.05, 3.63) is 29.6 Å². The number of hydrogen-bond acceptors (Lipinski definition) is 3. The average molecular weight is 276 g/mol. The molecule has 20 heavy (non-hydrogen) atoms. The molecular formula is C15H20N2O3. The largest absolute Gasteiger partial charge is 0.477 e. The van der Waals surface area contributed by atoms with Crippen LogP contribution in [0.1, 0.15) is 47.5 Å². The van der Waals surface area contributed by atoms with Crippen molar-refractivity contribution in [1.82, 2.24) is 9.88 Å². The minimum atomic E-state index is -1.08. The summed E-state index contributed by atoms with van der Waals surface area (Å²) in [6.07, 6.45) is 3.53. The summed E-state index contributed by atoms with van der Waals surface area (Å²) >= 11 is 0. The molecule has 1 unspecified atom stereocenters. The summed E-state index contributed by atoms with van der Waals surface area (Å²) in [7, 11) is 0. The van der Waals surface area contributed by atoms with E-state index < -0.39 is 5.97 Å². The fourth-order valence-corrected chi connectivity index (χ4v) is 2.71. The molecule has 1 aromatic rings. The second-order valence-corrected chi connectivity index (χ2v) is 5.77. The molecule has 0 spiro atoms. The van der Waals surface area contributed by atoms with Crippen LogP contribution in [0.4, 0.5) is 0 Å². The molecule has 1 aliphatic heterocycles. The lowest BCUT2D eigenvalue weighted by Crippen LogP contribution is -2.29. The zero-order valence-corrected chi connectivity index (χ0v) is 11.9. The lowest BCUT2D eigenvalue weighted by atomic mass is 9.97. The third-order valence-corrected chi connectivity index (χ3v) is 3.61. The second kappa shape index (κ2) is 6.03. The van der Waals surface area contributed by atoms with E-state index in [0.717, 1.165) is 25.9 Å². The highest BCUT2D eigenvalue weighted by atomic mass is 16.4. The molecule has 0 aromatic carbocycles. The molecular weight excluding hydrogens is 256 g/mol. The van der Waals surface area contributed by atoms with Gasteiger partial charge in [-0.15, -0.1) is 0 Å². The van der Waals surface area contributed by atoms with Gasteiger partial charge in [0.1, 0.15) is 5.69 Å². The smallest absolute Gasteiger partial charge is 0.354 e. The number of carbonyl (C=O) groups is 2. The van der Waals surface area contributed by atoms with Crippen LogP contribution in [0, 0.1) is 11.8 Å². The first-order valence-corrected chi connectivity index (χ1v) is 6.96. The van der Waals surface area contributed by atoms with Gasteiger partial charge >= 0.3 is 5.97 Å². The van der Waals surface area contributed by atoms with Crippen molar-refractivity contribution >= 4 is 11.9 Å². The molecule has 0 radical (unpaired) electrons. The maximum Gasteiger partial charge on any atom is 0.354 e. The maximum absolute atomic E-state index is 12.3. The van der Waals surface area contributed by atoms with Gasteiger partial charge in [0.25, 0.3) is 5.91 Å². The van der Waals surface area contributed by atoms with Crippen LogP contribution < -0.4 is 0 Å². The van der Waals surface area contributed by atoms with E-state index in [1.54, 1.807) is 0 Å². The van der Waals surface area contributed by atoms with Gasteiger partial charge in [-0.25, -0.2) is 9.78 Å². The van der Waals surface area contributed by atoms with E-state index in [4.69, 9.17) is 5.11 Å². The lowest BCUT2D eigenvalue weighted by molar-refractivity contribution is 0.0688. The summed E-state index contributed by atoms with van der Waals surface area (Å²) in [6.45, 7) is 5.95. The van der Waals surface area contributed by atoms with Crippen LogP contribution in [0.3, 0.4) is 0 Å². The number of carbonyl (C=O) groups excluding carboxylic acids is 1. The first-order chi connectivity index (χ1) is 9.47. The van der Waals surface area contributed by atoms with Gasteiger partial charge in [-0.05, 0) is 36.8 Å². The van der Waals surface area contributed by atoms with Gasteiger partial charge in [-0.2, -0.15) is 0 Å².